The van der Waals surface area contributed by atoms with Gasteiger partial charge in [-0.3, -0.25) is 0 Å². The normalized spacial score (nSPS) is 14.4. The Labute approximate surface area is 193 Å². The van der Waals surface area contributed by atoms with Crippen molar-refractivity contribution in [2.45, 2.75) is 58.2 Å². The molecule has 0 spiro atoms. The van der Waals surface area contributed by atoms with E-state index in [1.165, 1.54) is 30.4 Å². The molecule has 0 bridgehead atoms. The molecule has 4 rings (SSSR count). The van der Waals surface area contributed by atoms with E-state index < -0.39 is 0 Å². The average Bonchev–Trinajstić information content (AvgIpc) is 3.19. The maximum atomic E-state index is 13.4. The molecule has 162 valence electrons. The summed E-state index contributed by atoms with van der Waals surface area (Å²) in [6.07, 6.45) is 7.91. The minimum atomic E-state index is -0.0201. The third-order valence-corrected chi connectivity index (χ3v) is 6.54. The van der Waals surface area contributed by atoms with Gasteiger partial charge in [-0.15, -0.1) is 0 Å². The van der Waals surface area contributed by atoms with Crippen LogP contribution in [0.1, 0.15) is 48.9 Å². The van der Waals surface area contributed by atoms with Gasteiger partial charge in [-0.25, -0.2) is 4.79 Å². The first kappa shape index (κ1) is 21.7. The fraction of sp³-hybridized carbons (Fsp3) is 0.346. The zero-order valence-electron chi connectivity index (χ0n) is 18.1. The van der Waals surface area contributed by atoms with Crippen molar-refractivity contribution in [1.29, 1.82) is 0 Å². The Bertz CT molecular complexity index is 1020. The highest BCUT2D eigenvalue weighted by atomic mass is 79.9. The number of amides is 2. The zero-order chi connectivity index (χ0) is 21.6. The first-order valence-electron chi connectivity index (χ1n) is 11.1. The second kappa shape index (κ2) is 10.2. The summed E-state index contributed by atoms with van der Waals surface area (Å²) < 4.78 is 3.22. The number of nitrogens with zero attached hydrogens (tertiary/aromatic N) is 2. The highest BCUT2D eigenvalue weighted by Gasteiger charge is 2.26. The van der Waals surface area contributed by atoms with Gasteiger partial charge < -0.3 is 14.8 Å². The van der Waals surface area contributed by atoms with Crippen molar-refractivity contribution in [1.82, 2.24) is 9.47 Å². The molecule has 1 heterocycles. The summed E-state index contributed by atoms with van der Waals surface area (Å²) in [4.78, 5) is 15.4. The first-order valence-corrected chi connectivity index (χ1v) is 11.9. The lowest BCUT2D eigenvalue weighted by Crippen LogP contribution is -2.43. The van der Waals surface area contributed by atoms with Crippen LogP contribution >= 0.6 is 15.9 Å². The highest BCUT2D eigenvalue weighted by Crippen LogP contribution is 2.26. The third-order valence-electron chi connectivity index (χ3n) is 6.04. The molecular formula is C26H30BrN3O. The Morgan fingerprint density at radius 2 is 1.87 bits per heavy atom. The first-order chi connectivity index (χ1) is 15.1. The molecule has 2 aromatic carbocycles. The number of hydrogen-bond donors (Lipinski definition) is 1. The van der Waals surface area contributed by atoms with Crippen LogP contribution in [0.3, 0.4) is 0 Å². The Balaban J connectivity index is 1.54. The monoisotopic (exact) mass is 479 g/mol. The van der Waals surface area contributed by atoms with Gasteiger partial charge in [0.2, 0.25) is 0 Å². The summed E-state index contributed by atoms with van der Waals surface area (Å²) in [6, 6.07) is 20.9. The van der Waals surface area contributed by atoms with Crippen LogP contribution < -0.4 is 5.32 Å². The number of hydrogen-bond acceptors (Lipinski definition) is 1. The molecule has 31 heavy (non-hydrogen) atoms. The van der Waals surface area contributed by atoms with Crippen molar-refractivity contribution in [3.8, 4) is 0 Å². The molecule has 2 amide bonds. The summed E-state index contributed by atoms with van der Waals surface area (Å²) in [5, 5.41) is 3.12. The van der Waals surface area contributed by atoms with Crippen LogP contribution in [0.2, 0.25) is 0 Å². The third kappa shape index (κ3) is 5.79. The zero-order valence-corrected chi connectivity index (χ0v) is 19.6. The predicted molar refractivity (Wildman–Crippen MR) is 130 cm³/mol. The van der Waals surface area contributed by atoms with Crippen LogP contribution in [0, 0.1) is 6.92 Å². The van der Waals surface area contributed by atoms with Gasteiger partial charge in [-0.2, -0.15) is 0 Å². The lowest BCUT2D eigenvalue weighted by Gasteiger charge is -2.34. The van der Waals surface area contributed by atoms with Crippen molar-refractivity contribution in [2.75, 3.05) is 5.32 Å². The second-order valence-electron chi connectivity index (χ2n) is 8.48. The standard InChI is InChI=1S/C26H30BrN3O/c1-20-8-5-9-21(16-20)18-29-15-7-14-25(29)19-30(24-12-3-2-4-13-24)26(31)28-23-11-6-10-22(27)17-23/h5-11,14-17,24H,2-4,12-13,18-19H2,1H3,(H,28,31). The molecule has 1 aromatic heterocycles. The Hall–Kier alpha value is -2.53. The molecule has 1 N–H and O–H groups in total. The maximum absolute atomic E-state index is 13.4. The second-order valence-corrected chi connectivity index (χ2v) is 9.39. The van der Waals surface area contributed by atoms with Crippen LogP contribution in [0.15, 0.2) is 71.3 Å². The van der Waals surface area contributed by atoms with Crippen LogP contribution in [0.25, 0.3) is 0 Å². The maximum Gasteiger partial charge on any atom is 0.322 e. The van der Waals surface area contributed by atoms with E-state index in [4.69, 9.17) is 0 Å². The van der Waals surface area contributed by atoms with Gasteiger partial charge in [0, 0.05) is 34.6 Å². The summed E-state index contributed by atoms with van der Waals surface area (Å²) in [5.41, 5.74) is 4.52. The Morgan fingerprint density at radius 3 is 2.65 bits per heavy atom. The molecule has 1 fully saturated rings. The Kier molecular flexibility index (Phi) is 7.13. The molecule has 1 aliphatic rings. The fourth-order valence-corrected chi connectivity index (χ4v) is 4.85. The molecule has 1 aliphatic carbocycles. The summed E-state index contributed by atoms with van der Waals surface area (Å²) in [7, 11) is 0. The van der Waals surface area contributed by atoms with Crippen LogP contribution in [-0.4, -0.2) is 21.5 Å². The number of aromatic nitrogens is 1. The van der Waals surface area contributed by atoms with Crippen LogP contribution in [-0.2, 0) is 13.1 Å². The SMILES string of the molecule is Cc1cccc(Cn2cccc2CN(C(=O)Nc2cccc(Br)c2)C2CCCCC2)c1. The van der Waals surface area contributed by atoms with Gasteiger partial charge in [-0.05, 0) is 55.7 Å². The number of aryl methyl sites for hydroxylation is 1. The smallest absolute Gasteiger partial charge is 0.322 e. The largest absolute Gasteiger partial charge is 0.345 e. The predicted octanol–water partition coefficient (Wildman–Crippen LogP) is 6.97. The van der Waals surface area contributed by atoms with E-state index in [1.54, 1.807) is 0 Å². The number of urea groups is 1. The molecule has 0 unspecified atom stereocenters. The quantitative estimate of drug-likeness (QED) is 0.406. The summed E-state index contributed by atoms with van der Waals surface area (Å²) in [5.74, 6) is 0. The van der Waals surface area contributed by atoms with Crippen molar-refractivity contribution < 1.29 is 4.79 Å². The molecule has 0 aliphatic heterocycles. The number of benzene rings is 2. The number of nitrogens with one attached hydrogen (secondary N) is 1. The lowest BCUT2D eigenvalue weighted by atomic mass is 9.94. The van der Waals surface area contributed by atoms with Gasteiger partial charge in [0.15, 0.2) is 0 Å². The lowest BCUT2D eigenvalue weighted by molar-refractivity contribution is 0.161. The average molecular weight is 480 g/mol. The van der Waals surface area contributed by atoms with Gasteiger partial charge in [0.1, 0.15) is 0 Å². The number of anilines is 1. The van der Waals surface area contributed by atoms with E-state index in [2.05, 4.69) is 75.3 Å². The summed E-state index contributed by atoms with van der Waals surface area (Å²) >= 11 is 3.49. The minimum absolute atomic E-state index is 0.0201. The Morgan fingerprint density at radius 1 is 1.06 bits per heavy atom. The topological polar surface area (TPSA) is 37.3 Å². The number of rotatable bonds is 6. The minimum Gasteiger partial charge on any atom is -0.345 e. The number of carbonyl (C=O) groups excluding carboxylic acids is 1. The molecule has 4 nitrogen and oxygen atoms in total. The number of carbonyl (C=O) groups is 1. The van der Waals surface area contributed by atoms with Crippen molar-refractivity contribution in [3.63, 3.8) is 0 Å². The van der Waals surface area contributed by atoms with E-state index in [1.807, 2.05) is 29.2 Å². The van der Waals surface area contributed by atoms with Gasteiger partial charge in [0.05, 0.1) is 6.54 Å². The molecular weight excluding hydrogens is 450 g/mol. The van der Waals surface area contributed by atoms with Crippen molar-refractivity contribution in [2.24, 2.45) is 0 Å². The molecule has 0 saturated heterocycles. The number of halogens is 1. The molecule has 0 atom stereocenters. The molecule has 0 radical (unpaired) electrons. The van der Waals surface area contributed by atoms with E-state index in [-0.39, 0.29) is 12.1 Å². The van der Waals surface area contributed by atoms with Gasteiger partial charge >= 0.3 is 6.03 Å². The van der Waals surface area contributed by atoms with E-state index in [0.717, 1.165) is 35.2 Å². The molecule has 5 heteroatoms. The van der Waals surface area contributed by atoms with Crippen LogP contribution in [0.5, 0.6) is 0 Å². The van der Waals surface area contributed by atoms with E-state index in [0.29, 0.717) is 6.54 Å². The molecule has 3 aromatic rings. The highest BCUT2D eigenvalue weighted by molar-refractivity contribution is 9.10. The van der Waals surface area contributed by atoms with Gasteiger partial charge in [-0.1, -0.05) is 71.1 Å². The van der Waals surface area contributed by atoms with E-state index >= 15 is 0 Å². The molecule has 1 saturated carbocycles. The van der Waals surface area contributed by atoms with Crippen molar-refractivity contribution >= 4 is 27.6 Å². The van der Waals surface area contributed by atoms with E-state index in [9.17, 15) is 4.79 Å². The fourth-order valence-electron chi connectivity index (χ4n) is 4.45. The summed E-state index contributed by atoms with van der Waals surface area (Å²) in [6.45, 7) is 3.55. The van der Waals surface area contributed by atoms with Crippen molar-refractivity contribution in [3.05, 3.63) is 88.2 Å². The van der Waals surface area contributed by atoms with Gasteiger partial charge in [0.25, 0.3) is 0 Å². The van der Waals surface area contributed by atoms with Crippen LogP contribution in [0.4, 0.5) is 10.5 Å².